The molecule has 0 radical (unpaired) electrons. The van der Waals surface area contributed by atoms with E-state index in [1.807, 2.05) is 0 Å². The Labute approximate surface area is 197 Å². The van der Waals surface area contributed by atoms with Crippen LogP contribution in [-0.4, -0.2) is 22.4 Å². The van der Waals surface area contributed by atoms with Gasteiger partial charge in [0.15, 0.2) is 0 Å². The summed E-state index contributed by atoms with van der Waals surface area (Å²) >= 11 is 0. The van der Waals surface area contributed by atoms with Crippen LogP contribution in [0.3, 0.4) is 0 Å². The second-order valence-corrected chi connectivity index (χ2v) is 14.8. The van der Waals surface area contributed by atoms with Crippen molar-refractivity contribution in [3.8, 4) is 0 Å². The summed E-state index contributed by atoms with van der Waals surface area (Å²) in [4.78, 5) is 0. The average molecular weight is 443 g/mol. The average Bonchev–Trinajstić information content (AvgIpc) is 2.70. The fourth-order valence-electron chi connectivity index (χ4n) is 11.5. The highest BCUT2D eigenvalue weighted by Gasteiger charge is 2.70. The van der Waals surface area contributed by atoms with Crippen molar-refractivity contribution in [3.63, 3.8) is 0 Å². The van der Waals surface area contributed by atoms with Crippen molar-refractivity contribution in [1.29, 1.82) is 0 Å². The maximum absolute atomic E-state index is 10.9. The Morgan fingerprint density at radius 2 is 1.47 bits per heavy atom. The first-order valence-electron chi connectivity index (χ1n) is 13.8. The lowest BCUT2D eigenvalue weighted by Crippen LogP contribution is -2.67. The number of hydrogen-bond acceptors (Lipinski definition) is 2. The van der Waals surface area contributed by atoms with Gasteiger partial charge in [-0.3, -0.25) is 0 Å². The molecule has 2 N–H and O–H groups in total. The molecule has 0 saturated heterocycles. The van der Waals surface area contributed by atoms with Crippen molar-refractivity contribution in [2.45, 2.75) is 118 Å². The molecule has 0 bridgehead atoms. The van der Waals surface area contributed by atoms with Crippen molar-refractivity contribution < 1.29 is 10.2 Å². The van der Waals surface area contributed by atoms with Crippen LogP contribution in [0.2, 0.25) is 0 Å². The SMILES string of the molecule is C=C1[C@H](O)C[C@]2(C)CC[C@]3(C)[C@H](CC[C@@H]4[C@@]5(C)CC[C@H](O)C(C)(C)[C@@H]5CC[C@]43C)[C@@H]2[C@H]1C. The van der Waals surface area contributed by atoms with E-state index in [9.17, 15) is 10.2 Å². The first kappa shape index (κ1) is 23.4. The third-order valence-corrected chi connectivity index (χ3v) is 13.6. The molecular weight excluding hydrogens is 392 g/mol. The lowest BCUT2D eigenvalue weighted by atomic mass is 9.31. The maximum Gasteiger partial charge on any atom is 0.0755 e. The highest BCUT2D eigenvalue weighted by Crippen LogP contribution is 2.76. The fraction of sp³-hybridized carbons (Fsp3) is 0.933. The molecular formula is C30H50O2. The van der Waals surface area contributed by atoms with Gasteiger partial charge < -0.3 is 10.2 Å². The minimum absolute atomic E-state index is 0.0307. The molecule has 0 unspecified atom stereocenters. The molecule has 5 fully saturated rings. The van der Waals surface area contributed by atoms with Crippen LogP contribution in [0.25, 0.3) is 0 Å². The Hall–Kier alpha value is -0.340. The summed E-state index contributed by atoms with van der Waals surface area (Å²) < 4.78 is 0. The van der Waals surface area contributed by atoms with Crippen LogP contribution in [0.5, 0.6) is 0 Å². The van der Waals surface area contributed by atoms with Gasteiger partial charge in [-0.05, 0) is 120 Å². The number of aliphatic hydroxyl groups is 2. The van der Waals surface area contributed by atoms with Gasteiger partial charge in [-0.2, -0.15) is 0 Å². The predicted octanol–water partition coefficient (Wildman–Crippen LogP) is 7.00. The van der Waals surface area contributed by atoms with Gasteiger partial charge in [-0.25, -0.2) is 0 Å². The Morgan fingerprint density at radius 1 is 0.781 bits per heavy atom. The summed E-state index contributed by atoms with van der Waals surface area (Å²) in [6.45, 7) is 21.9. The van der Waals surface area contributed by atoms with Crippen molar-refractivity contribution in [2.75, 3.05) is 0 Å². The van der Waals surface area contributed by atoms with Crippen molar-refractivity contribution in [2.24, 2.45) is 56.7 Å². The lowest BCUT2D eigenvalue weighted by molar-refractivity contribution is -0.253. The van der Waals surface area contributed by atoms with Gasteiger partial charge in [0.05, 0.1) is 12.2 Å². The van der Waals surface area contributed by atoms with E-state index in [1.54, 1.807) is 0 Å². The molecule has 32 heavy (non-hydrogen) atoms. The molecule has 0 aromatic heterocycles. The Balaban J connectivity index is 1.54. The van der Waals surface area contributed by atoms with E-state index in [4.69, 9.17) is 0 Å². The molecule has 0 aliphatic heterocycles. The van der Waals surface area contributed by atoms with Crippen LogP contribution < -0.4 is 0 Å². The van der Waals surface area contributed by atoms with Crippen LogP contribution in [-0.2, 0) is 0 Å². The molecule has 2 nitrogen and oxygen atoms in total. The minimum Gasteiger partial charge on any atom is -0.393 e. The van der Waals surface area contributed by atoms with Gasteiger partial charge in [-0.15, -0.1) is 0 Å². The standard InChI is InChI=1S/C30H50O2/c1-18-19(2)25-20-9-10-23-28(6)13-12-24(32)26(3,4)22(28)11-14-30(23,8)29(20,7)16-15-27(25,5)17-21(18)31/h19-25,31-32H,1,9-17H2,2-8H3/t19-,20+,21+,22-,23+,24-,25-,27-,28-,29+,30+/m0/s1. The van der Waals surface area contributed by atoms with E-state index in [-0.39, 0.29) is 23.0 Å². The first-order chi connectivity index (χ1) is 14.7. The summed E-state index contributed by atoms with van der Waals surface area (Å²) in [7, 11) is 0. The van der Waals surface area contributed by atoms with Crippen molar-refractivity contribution in [3.05, 3.63) is 12.2 Å². The van der Waals surface area contributed by atoms with Gasteiger partial charge in [-0.1, -0.05) is 55.0 Å². The van der Waals surface area contributed by atoms with Gasteiger partial charge in [0.2, 0.25) is 0 Å². The van der Waals surface area contributed by atoms with Crippen LogP contribution in [0, 0.1) is 56.7 Å². The van der Waals surface area contributed by atoms with E-state index in [0.717, 1.165) is 30.3 Å². The highest BCUT2D eigenvalue weighted by molar-refractivity contribution is 5.23. The largest absolute Gasteiger partial charge is 0.393 e. The molecule has 11 atom stereocenters. The number of aliphatic hydroxyl groups excluding tert-OH is 2. The van der Waals surface area contributed by atoms with Crippen molar-refractivity contribution in [1.82, 2.24) is 0 Å². The smallest absolute Gasteiger partial charge is 0.0755 e. The number of fused-ring (bicyclic) bond motifs is 7. The molecule has 5 saturated carbocycles. The summed E-state index contributed by atoms with van der Waals surface area (Å²) in [6.07, 6.45) is 10.5. The molecule has 2 heteroatoms. The van der Waals surface area contributed by atoms with Crippen LogP contribution in [0.4, 0.5) is 0 Å². The number of rotatable bonds is 0. The summed E-state index contributed by atoms with van der Waals surface area (Å²) in [5.74, 6) is 3.21. The van der Waals surface area contributed by atoms with Gasteiger partial charge in [0.25, 0.3) is 0 Å². The van der Waals surface area contributed by atoms with Gasteiger partial charge >= 0.3 is 0 Å². The monoisotopic (exact) mass is 442 g/mol. The third kappa shape index (κ3) is 2.66. The topological polar surface area (TPSA) is 40.5 Å². The Bertz CT molecular complexity index is 801. The second-order valence-electron chi connectivity index (χ2n) is 14.8. The Kier molecular flexibility index (Phi) is 5.02. The third-order valence-electron chi connectivity index (χ3n) is 13.6. The van der Waals surface area contributed by atoms with Crippen LogP contribution in [0.1, 0.15) is 106 Å². The highest BCUT2D eigenvalue weighted by atomic mass is 16.3. The maximum atomic E-state index is 10.9. The quantitative estimate of drug-likeness (QED) is 0.397. The Morgan fingerprint density at radius 3 is 2.16 bits per heavy atom. The summed E-state index contributed by atoms with van der Waals surface area (Å²) in [5, 5.41) is 21.7. The molecule has 0 heterocycles. The lowest BCUT2D eigenvalue weighted by Gasteiger charge is -2.74. The number of hydrogen-bond donors (Lipinski definition) is 2. The summed E-state index contributed by atoms with van der Waals surface area (Å²) in [6, 6.07) is 0. The van der Waals surface area contributed by atoms with E-state index in [0.29, 0.717) is 34.0 Å². The zero-order valence-electron chi connectivity index (χ0n) is 22.0. The van der Waals surface area contributed by atoms with E-state index in [2.05, 4.69) is 55.0 Å². The van der Waals surface area contributed by atoms with Gasteiger partial charge in [0.1, 0.15) is 0 Å². The summed E-state index contributed by atoms with van der Waals surface area (Å²) in [5.41, 5.74) is 2.47. The molecule has 5 aliphatic carbocycles. The first-order valence-corrected chi connectivity index (χ1v) is 13.8. The molecule has 0 aromatic carbocycles. The molecule has 5 rings (SSSR count). The van der Waals surface area contributed by atoms with Crippen LogP contribution in [0.15, 0.2) is 12.2 Å². The molecule has 0 aromatic rings. The zero-order chi connectivity index (χ0) is 23.5. The second kappa shape index (κ2) is 6.87. The fourth-order valence-corrected chi connectivity index (χ4v) is 11.5. The van der Waals surface area contributed by atoms with E-state index in [1.165, 1.54) is 44.9 Å². The van der Waals surface area contributed by atoms with Gasteiger partial charge in [0, 0.05) is 0 Å². The van der Waals surface area contributed by atoms with Crippen LogP contribution >= 0.6 is 0 Å². The zero-order valence-corrected chi connectivity index (χ0v) is 22.0. The normalized spacial score (nSPS) is 59.4. The molecule has 182 valence electrons. The van der Waals surface area contributed by atoms with E-state index < -0.39 is 0 Å². The molecule has 0 spiro atoms. The predicted molar refractivity (Wildman–Crippen MR) is 132 cm³/mol. The molecule has 5 aliphatic rings. The minimum atomic E-state index is -0.312. The van der Waals surface area contributed by atoms with E-state index >= 15 is 0 Å². The van der Waals surface area contributed by atoms with Crippen molar-refractivity contribution >= 4 is 0 Å². The molecule has 0 amide bonds.